The lowest BCUT2D eigenvalue weighted by Crippen LogP contribution is -2.35. The van der Waals surface area contributed by atoms with Crippen LogP contribution in [0.2, 0.25) is 0 Å². The largest absolute Gasteiger partial charge is 0.359 e. The summed E-state index contributed by atoms with van der Waals surface area (Å²) < 4.78 is 5.49. The lowest BCUT2D eigenvalue weighted by Gasteiger charge is -2.24. The summed E-state index contributed by atoms with van der Waals surface area (Å²) in [6, 6.07) is 0. The van der Waals surface area contributed by atoms with E-state index in [-0.39, 0.29) is 12.1 Å². The number of amides is 1. The molecule has 1 saturated heterocycles. The molecule has 0 N–H and O–H groups in total. The standard InChI is InChI=1S/C11H19NO2/c1-4-14-11-6-5-10(13)12(11)8-7-9(2)3/h11H,2,4-8H2,1,3H3. The van der Waals surface area contributed by atoms with Gasteiger partial charge in [0.15, 0.2) is 0 Å². The lowest BCUT2D eigenvalue weighted by molar-refractivity contribution is -0.135. The number of carbonyl (C=O) groups is 1. The van der Waals surface area contributed by atoms with E-state index in [4.69, 9.17) is 4.74 Å². The Morgan fingerprint density at radius 2 is 2.43 bits per heavy atom. The zero-order valence-corrected chi connectivity index (χ0v) is 9.08. The fraction of sp³-hybridized carbons (Fsp3) is 0.727. The van der Waals surface area contributed by atoms with Crippen molar-refractivity contribution in [2.45, 2.75) is 39.3 Å². The Morgan fingerprint density at radius 1 is 1.71 bits per heavy atom. The molecule has 0 saturated carbocycles. The van der Waals surface area contributed by atoms with E-state index in [9.17, 15) is 4.79 Å². The summed E-state index contributed by atoms with van der Waals surface area (Å²) in [6.07, 6.45) is 2.34. The van der Waals surface area contributed by atoms with Crippen molar-refractivity contribution in [3.8, 4) is 0 Å². The summed E-state index contributed by atoms with van der Waals surface area (Å²) in [5, 5.41) is 0. The Hall–Kier alpha value is -0.830. The molecule has 0 aromatic carbocycles. The molecule has 0 spiro atoms. The Morgan fingerprint density at radius 3 is 3.00 bits per heavy atom. The third kappa shape index (κ3) is 2.84. The molecule has 1 aliphatic rings. The van der Waals surface area contributed by atoms with Gasteiger partial charge in [0.25, 0.3) is 0 Å². The number of hydrogen-bond acceptors (Lipinski definition) is 2. The van der Waals surface area contributed by atoms with Gasteiger partial charge in [0, 0.05) is 26.0 Å². The van der Waals surface area contributed by atoms with Crippen LogP contribution in [-0.2, 0) is 9.53 Å². The molecule has 1 heterocycles. The first-order chi connectivity index (χ1) is 6.65. The van der Waals surface area contributed by atoms with Gasteiger partial charge in [-0.25, -0.2) is 0 Å². The quantitative estimate of drug-likeness (QED) is 0.630. The Balaban J connectivity index is 2.44. The van der Waals surface area contributed by atoms with Crippen LogP contribution in [0.3, 0.4) is 0 Å². The first-order valence-corrected chi connectivity index (χ1v) is 5.20. The molecule has 3 nitrogen and oxygen atoms in total. The summed E-state index contributed by atoms with van der Waals surface area (Å²) in [5.74, 6) is 0.213. The summed E-state index contributed by atoms with van der Waals surface area (Å²) in [6.45, 7) is 9.19. The van der Waals surface area contributed by atoms with Gasteiger partial charge in [0.05, 0.1) is 0 Å². The predicted octanol–water partition coefficient (Wildman–Crippen LogP) is 1.94. The maximum Gasteiger partial charge on any atom is 0.224 e. The summed E-state index contributed by atoms with van der Waals surface area (Å²) >= 11 is 0. The molecule has 1 atom stereocenters. The Labute approximate surface area is 85.7 Å². The van der Waals surface area contributed by atoms with E-state index in [2.05, 4.69) is 6.58 Å². The first kappa shape index (κ1) is 11.2. The highest BCUT2D eigenvalue weighted by Gasteiger charge is 2.30. The minimum Gasteiger partial charge on any atom is -0.359 e. The van der Waals surface area contributed by atoms with Gasteiger partial charge < -0.3 is 9.64 Å². The highest BCUT2D eigenvalue weighted by Crippen LogP contribution is 2.20. The summed E-state index contributed by atoms with van der Waals surface area (Å²) in [4.78, 5) is 13.3. The molecule has 1 amide bonds. The fourth-order valence-electron chi connectivity index (χ4n) is 1.65. The van der Waals surface area contributed by atoms with Crippen molar-refractivity contribution in [2.24, 2.45) is 0 Å². The van der Waals surface area contributed by atoms with Gasteiger partial charge in [0.2, 0.25) is 5.91 Å². The highest BCUT2D eigenvalue weighted by molar-refractivity contribution is 5.78. The third-order valence-corrected chi connectivity index (χ3v) is 2.41. The normalized spacial score (nSPS) is 21.7. The van der Waals surface area contributed by atoms with Crippen LogP contribution in [-0.4, -0.2) is 30.2 Å². The molecular weight excluding hydrogens is 178 g/mol. The van der Waals surface area contributed by atoms with Crippen molar-refractivity contribution < 1.29 is 9.53 Å². The topological polar surface area (TPSA) is 29.5 Å². The fourth-order valence-corrected chi connectivity index (χ4v) is 1.65. The molecule has 3 heteroatoms. The lowest BCUT2D eigenvalue weighted by atomic mass is 10.2. The van der Waals surface area contributed by atoms with E-state index in [1.807, 2.05) is 18.7 Å². The summed E-state index contributed by atoms with van der Waals surface area (Å²) in [7, 11) is 0. The smallest absolute Gasteiger partial charge is 0.224 e. The van der Waals surface area contributed by atoms with Crippen LogP contribution in [0.25, 0.3) is 0 Å². The predicted molar refractivity (Wildman–Crippen MR) is 55.8 cm³/mol. The molecule has 0 radical (unpaired) electrons. The highest BCUT2D eigenvalue weighted by atomic mass is 16.5. The first-order valence-electron chi connectivity index (χ1n) is 5.20. The minimum absolute atomic E-state index is 0.00634. The molecule has 14 heavy (non-hydrogen) atoms. The molecule has 0 bridgehead atoms. The van der Waals surface area contributed by atoms with Gasteiger partial charge in [-0.3, -0.25) is 4.79 Å². The van der Waals surface area contributed by atoms with Crippen molar-refractivity contribution in [1.29, 1.82) is 0 Å². The maximum atomic E-state index is 11.5. The Kier molecular flexibility index (Phi) is 4.14. The molecule has 1 unspecified atom stereocenters. The van der Waals surface area contributed by atoms with Gasteiger partial charge in [0.1, 0.15) is 6.23 Å². The average molecular weight is 197 g/mol. The number of likely N-dealkylation sites (tertiary alicyclic amines) is 1. The van der Waals surface area contributed by atoms with Crippen molar-refractivity contribution in [2.75, 3.05) is 13.2 Å². The van der Waals surface area contributed by atoms with E-state index in [0.29, 0.717) is 13.0 Å². The zero-order chi connectivity index (χ0) is 10.6. The van der Waals surface area contributed by atoms with Crippen molar-refractivity contribution >= 4 is 5.91 Å². The molecule has 0 aromatic rings. The Bertz CT molecular complexity index is 225. The van der Waals surface area contributed by atoms with Gasteiger partial charge in [-0.1, -0.05) is 5.57 Å². The number of nitrogens with zero attached hydrogens (tertiary/aromatic N) is 1. The number of ether oxygens (including phenoxy) is 1. The average Bonchev–Trinajstić information content (AvgIpc) is 2.45. The van der Waals surface area contributed by atoms with Crippen molar-refractivity contribution in [1.82, 2.24) is 4.90 Å². The van der Waals surface area contributed by atoms with Crippen LogP contribution in [0, 0.1) is 0 Å². The molecule has 0 aromatic heterocycles. The van der Waals surface area contributed by atoms with E-state index >= 15 is 0 Å². The SMILES string of the molecule is C=C(C)CCN1C(=O)CCC1OCC. The van der Waals surface area contributed by atoms with Crippen LogP contribution in [0.4, 0.5) is 0 Å². The van der Waals surface area contributed by atoms with Crippen LogP contribution < -0.4 is 0 Å². The number of rotatable bonds is 5. The number of carbonyl (C=O) groups excluding carboxylic acids is 1. The second kappa shape index (κ2) is 5.15. The second-order valence-electron chi connectivity index (χ2n) is 3.74. The van der Waals surface area contributed by atoms with E-state index in [1.165, 1.54) is 0 Å². The minimum atomic E-state index is 0.00634. The molecule has 1 fully saturated rings. The third-order valence-electron chi connectivity index (χ3n) is 2.41. The van der Waals surface area contributed by atoms with Gasteiger partial charge in [-0.05, 0) is 20.3 Å². The van der Waals surface area contributed by atoms with E-state index in [1.54, 1.807) is 0 Å². The van der Waals surface area contributed by atoms with E-state index < -0.39 is 0 Å². The molecule has 1 rings (SSSR count). The second-order valence-corrected chi connectivity index (χ2v) is 3.74. The molecular formula is C11H19NO2. The van der Waals surface area contributed by atoms with Gasteiger partial charge in [-0.2, -0.15) is 0 Å². The molecule has 0 aliphatic carbocycles. The van der Waals surface area contributed by atoms with E-state index in [0.717, 1.165) is 25.0 Å². The maximum absolute atomic E-state index is 11.5. The molecule has 1 aliphatic heterocycles. The van der Waals surface area contributed by atoms with Gasteiger partial charge >= 0.3 is 0 Å². The van der Waals surface area contributed by atoms with Crippen LogP contribution >= 0.6 is 0 Å². The van der Waals surface area contributed by atoms with Crippen LogP contribution in [0.1, 0.15) is 33.1 Å². The zero-order valence-electron chi connectivity index (χ0n) is 9.08. The monoisotopic (exact) mass is 197 g/mol. The summed E-state index contributed by atoms with van der Waals surface area (Å²) in [5.41, 5.74) is 1.11. The van der Waals surface area contributed by atoms with Crippen LogP contribution in [0.15, 0.2) is 12.2 Å². The van der Waals surface area contributed by atoms with Gasteiger partial charge in [-0.15, -0.1) is 6.58 Å². The molecule has 80 valence electrons. The van der Waals surface area contributed by atoms with Crippen molar-refractivity contribution in [3.05, 3.63) is 12.2 Å². The van der Waals surface area contributed by atoms with Crippen molar-refractivity contribution in [3.63, 3.8) is 0 Å². The number of hydrogen-bond donors (Lipinski definition) is 0. The van der Waals surface area contributed by atoms with Crippen LogP contribution in [0.5, 0.6) is 0 Å².